The molecule has 2 aliphatic rings. The van der Waals surface area contributed by atoms with Crippen molar-refractivity contribution < 1.29 is 42.4 Å². The Morgan fingerprint density at radius 3 is 2.53 bits per heavy atom. The van der Waals surface area contributed by atoms with Crippen molar-refractivity contribution >= 4 is 5.91 Å². The van der Waals surface area contributed by atoms with E-state index in [0.29, 0.717) is 34.9 Å². The number of nitriles is 1. The number of fused-ring (bicyclic) bond motifs is 1. The summed E-state index contributed by atoms with van der Waals surface area (Å²) >= 11 is 0. The molecule has 2 aromatic carbocycles. The predicted octanol–water partition coefficient (Wildman–Crippen LogP) is 4.22. The van der Waals surface area contributed by atoms with E-state index in [2.05, 4.69) is 22.5 Å². The van der Waals surface area contributed by atoms with Gasteiger partial charge in [-0.1, -0.05) is 19.1 Å². The summed E-state index contributed by atoms with van der Waals surface area (Å²) in [6.45, 7) is 3.01. The number of rotatable bonds is 13. The Bertz CT molecular complexity index is 1660. The van der Waals surface area contributed by atoms with Gasteiger partial charge in [0.1, 0.15) is 18.1 Å². The molecule has 13 heteroatoms. The first-order chi connectivity index (χ1) is 22.3. The number of hydrogen-bond donors (Lipinski definition) is 4. The molecule has 3 atom stereocenters. The molecule has 0 bridgehead atoms. The van der Waals surface area contributed by atoms with E-state index >= 15 is 0 Å². The van der Waals surface area contributed by atoms with Crippen molar-refractivity contribution in [2.75, 3.05) is 40.0 Å². The molecule has 10 nitrogen and oxygen atoms in total. The van der Waals surface area contributed by atoms with Gasteiger partial charge in [-0.3, -0.25) is 4.79 Å². The molecule has 1 unspecified atom stereocenters. The summed E-state index contributed by atoms with van der Waals surface area (Å²) in [6.07, 6.45) is -3.01. The Kier molecular flexibility index (Phi) is 9.68. The van der Waals surface area contributed by atoms with Crippen molar-refractivity contribution in [2.24, 2.45) is 5.92 Å². The first-order valence-corrected chi connectivity index (χ1v) is 15.3. The summed E-state index contributed by atoms with van der Waals surface area (Å²) in [5, 5.41) is 35.4. The first kappa shape index (κ1) is 34.0. The van der Waals surface area contributed by atoms with Gasteiger partial charge in [0.15, 0.2) is 11.5 Å². The highest BCUT2D eigenvalue weighted by molar-refractivity contribution is 5.95. The van der Waals surface area contributed by atoms with Crippen LogP contribution in [0.4, 0.5) is 13.2 Å². The van der Waals surface area contributed by atoms with Crippen molar-refractivity contribution in [3.63, 3.8) is 0 Å². The van der Waals surface area contributed by atoms with Gasteiger partial charge in [-0.15, -0.1) is 0 Å². The Hall–Kier alpha value is -4.38. The van der Waals surface area contributed by atoms with E-state index in [1.807, 2.05) is 13.0 Å². The Morgan fingerprint density at radius 2 is 1.91 bits per heavy atom. The van der Waals surface area contributed by atoms with Crippen molar-refractivity contribution in [1.82, 2.24) is 15.6 Å². The summed E-state index contributed by atoms with van der Waals surface area (Å²) < 4.78 is 61.3. The molecule has 47 heavy (non-hydrogen) atoms. The highest BCUT2D eigenvalue weighted by Gasteiger charge is 2.57. The number of aromatic nitrogens is 1. The average molecular weight is 655 g/mol. The molecular formula is C34H37F3N4O6. The summed E-state index contributed by atoms with van der Waals surface area (Å²) in [4.78, 5) is 17.4. The first-order valence-electron chi connectivity index (χ1n) is 15.3. The number of benzene rings is 2. The van der Waals surface area contributed by atoms with Crippen LogP contribution < -0.4 is 24.8 Å². The van der Waals surface area contributed by atoms with Gasteiger partial charge in [0.25, 0.3) is 5.91 Å². The molecular weight excluding hydrogens is 617 g/mol. The van der Waals surface area contributed by atoms with Crippen LogP contribution in [-0.4, -0.2) is 73.3 Å². The molecule has 3 aromatic rings. The van der Waals surface area contributed by atoms with Gasteiger partial charge in [-0.2, -0.15) is 18.4 Å². The number of nitrogens with one attached hydrogen (secondary N) is 2. The zero-order valence-corrected chi connectivity index (χ0v) is 26.3. The lowest BCUT2D eigenvalue weighted by Gasteiger charge is -2.32. The number of aliphatic hydroxyl groups is 2. The summed E-state index contributed by atoms with van der Waals surface area (Å²) in [6, 6.07) is 13.6. The molecule has 0 spiro atoms. The van der Waals surface area contributed by atoms with Gasteiger partial charge in [-0.25, -0.2) is 4.98 Å². The summed E-state index contributed by atoms with van der Waals surface area (Å²) in [5.41, 5.74) is -3.83. The molecule has 1 saturated carbocycles. The molecule has 0 saturated heterocycles. The largest absolute Gasteiger partial charge is 0.493 e. The fourth-order valence-electron chi connectivity index (χ4n) is 5.57. The van der Waals surface area contributed by atoms with E-state index in [9.17, 15) is 28.3 Å². The van der Waals surface area contributed by atoms with Crippen LogP contribution in [0.3, 0.4) is 0 Å². The lowest BCUT2D eigenvalue weighted by molar-refractivity contribution is -0.265. The molecule has 1 amide bonds. The van der Waals surface area contributed by atoms with E-state index < -0.39 is 35.3 Å². The van der Waals surface area contributed by atoms with Crippen molar-refractivity contribution in [3.8, 4) is 34.6 Å². The lowest BCUT2D eigenvalue weighted by Crippen LogP contribution is -2.51. The Labute approximate surface area is 270 Å². The monoisotopic (exact) mass is 654 g/mol. The fourth-order valence-corrected chi connectivity index (χ4v) is 5.57. The maximum Gasteiger partial charge on any atom is 0.424 e. The van der Waals surface area contributed by atoms with Gasteiger partial charge in [-0.05, 0) is 62.1 Å². The molecule has 1 aliphatic heterocycles. The van der Waals surface area contributed by atoms with Crippen LogP contribution in [0.15, 0.2) is 48.5 Å². The van der Waals surface area contributed by atoms with Crippen LogP contribution in [0, 0.1) is 17.2 Å². The zero-order valence-electron chi connectivity index (χ0n) is 26.3. The SMILES string of the molecule is COc1cc(C(=O)NCC(O)(c2cc3c(c(-c4ccc(C#N)cc4)n2)OC[C@]3(C)CN[C@@H](C)C2CC2)C(F)(F)F)ccc1OCCO. The third-order valence-electron chi connectivity index (χ3n) is 8.76. The standard InChI is InChI=1S/C34H37F3N4O6/c1-20(22-8-9-22)39-17-32(2)19-47-30-25(32)15-28(41-29(30)23-6-4-21(16-38)5-7-23)33(44,34(35,36)37)18-40-31(43)24-10-11-26(46-13-12-42)27(14-24)45-3/h4-7,10-11,14-15,20,22,39,42,44H,8-9,12-13,17-19H2,1-3H3,(H,40,43)/t20-,32-,33?/m0/s1. The van der Waals surface area contributed by atoms with E-state index in [1.54, 1.807) is 12.1 Å². The molecule has 1 aromatic heterocycles. The van der Waals surface area contributed by atoms with Crippen LogP contribution in [0.25, 0.3) is 11.3 Å². The summed E-state index contributed by atoms with van der Waals surface area (Å²) in [7, 11) is 1.33. The van der Waals surface area contributed by atoms with Crippen molar-refractivity contribution in [3.05, 3.63) is 70.9 Å². The van der Waals surface area contributed by atoms with Crippen molar-refractivity contribution in [1.29, 1.82) is 5.26 Å². The maximum atomic E-state index is 14.9. The van der Waals surface area contributed by atoms with E-state index in [1.165, 1.54) is 43.5 Å². The molecule has 5 rings (SSSR count). The highest BCUT2D eigenvalue weighted by Crippen LogP contribution is 2.48. The van der Waals surface area contributed by atoms with Crippen molar-refractivity contribution in [2.45, 2.75) is 49.9 Å². The lowest BCUT2D eigenvalue weighted by atomic mass is 9.82. The van der Waals surface area contributed by atoms with Crippen LogP contribution in [0.1, 0.15) is 53.9 Å². The van der Waals surface area contributed by atoms with Gasteiger partial charge in [0, 0.05) is 34.7 Å². The zero-order chi connectivity index (χ0) is 34.0. The van der Waals surface area contributed by atoms with Gasteiger partial charge < -0.3 is 35.1 Å². The van der Waals surface area contributed by atoms with Gasteiger partial charge in [0.05, 0.1) is 44.2 Å². The molecule has 1 fully saturated rings. The number of carbonyl (C=O) groups is 1. The number of pyridine rings is 1. The second kappa shape index (κ2) is 13.4. The normalized spacial score (nSPS) is 19.1. The molecule has 250 valence electrons. The number of carbonyl (C=O) groups excluding carboxylic acids is 1. The topological polar surface area (TPSA) is 146 Å². The van der Waals surface area contributed by atoms with Crippen LogP contribution in [0.5, 0.6) is 17.2 Å². The van der Waals surface area contributed by atoms with Crippen LogP contribution in [-0.2, 0) is 11.0 Å². The van der Waals surface area contributed by atoms with E-state index in [4.69, 9.17) is 19.3 Å². The van der Waals surface area contributed by atoms with Gasteiger partial charge >= 0.3 is 6.18 Å². The Morgan fingerprint density at radius 1 is 1.19 bits per heavy atom. The highest BCUT2D eigenvalue weighted by atomic mass is 19.4. The number of halogens is 3. The maximum absolute atomic E-state index is 14.9. The number of aliphatic hydroxyl groups excluding tert-OH is 1. The van der Waals surface area contributed by atoms with Crippen LogP contribution in [0.2, 0.25) is 0 Å². The average Bonchev–Trinajstić information content (AvgIpc) is 3.87. The third kappa shape index (κ3) is 7.00. The molecule has 0 radical (unpaired) electrons. The fraction of sp³-hybridized carbons (Fsp3) is 0.441. The smallest absolute Gasteiger partial charge is 0.424 e. The minimum atomic E-state index is -5.25. The number of nitrogens with zero attached hydrogens (tertiary/aromatic N) is 2. The number of amides is 1. The minimum Gasteiger partial charge on any atom is -0.493 e. The molecule has 2 heterocycles. The van der Waals surface area contributed by atoms with Crippen LogP contribution >= 0.6 is 0 Å². The number of hydrogen-bond acceptors (Lipinski definition) is 9. The summed E-state index contributed by atoms with van der Waals surface area (Å²) in [5.74, 6) is 0.304. The second-order valence-electron chi connectivity index (χ2n) is 12.3. The number of alkyl halides is 3. The number of methoxy groups -OCH3 is 1. The second-order valence-corrected chi connectivity index (χ2v) is 12.3. The van der Waals surface area contributed by atoms with E-state index in [-0.39, 0.29) is 48.6 Å². The minimum absolute atomic E-state index is 0.0293. The third-order valence-corrected chi connectivity index (χ3v) is 8.76. The Balaban J connectivity index is 1.52. The predicted molar refractivity (Wildman–Crippen MR) is 165 cm³/mol. The molecule has 4 N–H and O–H groups in total. The van der Waals surface area contributed by atoms with Gasteiger partial charge in [0.2, 0.25) is 5.60 Å². The molecule has 1 aliphatic carbocycles. The number of ether oxygens (including phenoxy) is 3. The van der Waals surface area contributed by atoms with E-state index in [0.717, 1.165) is 12.8 Å². The quantitative estimate of drug-likeness (QED) is 0.213.